The van der Waals surface area contributed by atoms with E-state index in [2.05, 4.69) is 45.7 Å². The molecule has 2 heterocycles. The van der Waals surface area contributed by atoms with Crippen LogP contribution in [0.3, 0.4) is 0 Å². The highest BCUT2D eigenvalue weighted by molar-refractivity contribution is 6.62. The van der Waals surface area contributed by atoms with Gasteiger partial charge in [-0.1, -0.05) is 6.92 Å². The van der Waals surface area contributed by atoms with Crippen LogP contribution in [-0.4, -0.2) is 23.3 Å². The molecule has 3 nitrogen and oxygen atoms in total. The Morgan fingerprint density at radius 3 is 2.22 bits per heavy atom. The van der Waals surface area contributed by atoms with Gasteiger partial charge in [0.25, 0.3) is 0 Å². The Bertz CT molecular complexity index is 441. The van der Waals surface area contributed by atoms with Crippen LogP contribution in [0.15, 0.2) is 12.3 Å². The second-order valence-electron chi connectivity index (χ2n) is 5.97. The Morgan fingerprint density at radius 1 is 1.17 bits per heavy atom. The molecule has 0 aromatic carbocycles. The summed E-state index contributed by atoms with van der Waals surface area (Å²) in [5.41, 5.74) is 2.75. The van der Waals surface area contributed by atoms with E-state index in [9.17, 15) is 0 Å². The highest BCUT2D eigenvalue weighted by Crippen LogP contribution is 2.36. The van der Waals surface area contributed by atoms with E-state index in [1.807, 2.05) is 13.1 Å². The van der Waals surface area contributed by atoms with Gasteiger partial charge in [-0.25, -0.2) is 0 Å². The summed E-state index contributed by atoms with van der Waals surface area (Å²) in [6, 6.07) is 2.11. The first-order valence-corrected chi connectivity index (χ1v) is 6.58. The zero-order chi connectivity index (χ0) is 13.6. The summed E-state index contributed by atoms with van der Waals surface area (Å²) in [5.74, 6) is 0. The van der Waals surface area contributed by atoms with Gasteiger partial charge < -0.3 is 9.31 Å². The van der Waals surface area contributed by atoms with Crippen molar-refractivity contribution in [1.82, 2.24) is 4.98 Å². The highest BCUT2D eigenvalue weighted by Gasteiger charge is 2.52. The van der Waals surface area contributed by atoms with Crippen molar-refractivity contribution < 1.29 is 9.31 Å². The second-order valence-corrected chi connectivity index (χ2v) is 5.97. The third-order valence-electron chi connectivity index (χ3n) is 4.05. The van der Waals surface area contributed by atoms with Gasteiger partial charge >= 0.3 is 7.12 Å². The average molecular weight is 247 g/mol. The second kappa shape index (κ2) is 4.35. The van der Waals surface area contributed by atoms with Crippen LogP contribution >= 0.6 is 0 Å². The molecule has 1 aliphatic rings. The van der Waals surface area contributed by atoms with E-state index in [-0.39, 0.29) is 18.3 Å². The Kier molecular flexibility index (Phi) is 3.28. The number of rotatable bonds is 2. The van der Waals surface area contributed by atoms with Crippen molar-refractivity contribution in [3.05, 3.63) is 23.5 Å². The molecular formula is C14H22BNO2. The molecule has 0 aliphatic carbocycles. The number of pyridine rings is 1. The number of hydrogen-bond acceptors (Lipinski definition) is 3. The largest absolute Gasteiger partial charge is 0.496 e. The fourth-order valence-corrected chi connectivity index (χ4v) is 2.12. The molecule has 0 amide bonds. The summed E-state index contributed by atoms with van der Waals surface area (Å²) in [6.45, 7) is 12.4. The molecule has 1 aliphatic heterocycles. The lowest BCUT2D eigenvalue weighted by molar-refractivity contribution is 0.00578. The van der Waals surface area contributed by atoms with Crippen molar-refractivity contribution in [3.8, 4) is 0 Å². The summed E-state index contributed by atoms with van der Waals surface area (Å²) < 4.78 is 12.1. The van der Waals surface area contributed by atoms with Crippen molar-refractivity contribution in [2.24, 2.45) is 0 Å². The van der Waals surface area contributed by atoms with Gasteiger partial charge in [-0.2, -0.15) is 0 Å². The summed E-state index contributed by atoms with van der Waals surface area (Å²) in [5, 5.41) is 0. The zero-order valence-electron chi connectivity index (χ0n) is 12.2. The summed E-state index contributed by atoms with van der Waals surface area (Å²) >= 11 is 0. The molecule has 1 saturated heterocycles. The maximum Gasteiger partial charge on any atom is 0.496 e. The van der Waals surface area contributed by atoms with Gasteiger partial charge in [0.15, 0.2) is 0 Å². The first-order valence-electron chi connectivity index (χ1n) is 6.58. The Balaban J connectivity index is 2.35. The topological polar surface area (TPSA) is 31.4 Å². The van der Waals surface area contributed by atoms with E-state index < -0.39 is 0 Å². The quantitative estimate of drug-likeness (QED) is 0.751. The standard InChI is InChI=1S/C14H22BNO2/c1-7-11-8-10(2)16-9-12(11)15-17-13(3,4)14(5,6)18-15/h8-9H,7H2,1-6H3. The van der Waals surface area contributed by atoms with Crippen LogP contribution in [0.2, 0.25) is 0 Å². The first-order chi connectivity index (χ1) is 8.27. The van der Waals surface area contributed by atoms with Crippen LogP contribution < -0.4 is 5.46 Å². The lowest BCUT2D eigenvalue weighted by atomic mass is 9.76. The predicted molar refractivity (Wildman–Crippen MR) is 74.1 cm³/mol. The van der Waals surface area contributed by atoms with Crippen LogP contribution in [0.25, 0.3) is 0 Å². The summed E-state index contributed by atoms with van der Waals surface area (Å²) in [6.07, 6.45) is 2.85. The van der Waals surface area contributed by atoms with Crippen LogP contribution in [0, 0.1) is 6.92 Å². The molecule has 18 heavy (non-hydrogen) atoms. The third-order valence-corrected chi connectivity index (χ3v) is 4.05. The van der Waals surface area contributed by atoms with Crippen LogP contribution in [0.4, 0.5) is 0 Å². The molecule has 0 atom stereocenters. The molecule has 1 aromatic rings. The van der Waals surface area contributed by atoms with Crippen molar-refractivity contribution >= 4 is 12.6 Å². The van der Waals surface area contributed by atoms with Crippen molar-refractivity contribution in [2.45, 2.75) is 59.2 Å². The van der Waals surface area contributed by atoms with Gasteiger partial charge in [-0.05, 0) is 52.7 Å². The van der Waals surface area contributed by atoms with Gasteiger partial charge in [0.2, 0.25) is 0 Å². The van der Waals surface area contributed by atoms with E-state index in [1.54, 1.807) is 0 Å². The SMILES string of the molecule is CCc1cc(C)ncc1B1OC(C)(C)C(C)(C)O1. The van der Waals surface area contributed by atoms with Crippen LogP contribution in [-0.2, 0) is 15.7 Å². The molecule has 0 spiro atoms. The molecule has 98 valence electrons. The van der Waals surface area contributed by atoms with Crippen molar-refractivity contribution in [1.29, 1.82) is 0 Å². The molecule has 0 unspecified atom stereocenters. The molecule has 0 bridgehead atoms. The van der Waals surface area contributed by atoms with Crippen LogP contribution in [0.5, 0.6) is 0 Å². The third kappa shape index (κ3) is 2.19. The Hall–Kier alpha value is -0.865. The molecule has 0 radical (unpaired) electrons. The molecule has 0 saturated carbocycles. The molecule has 1 fully saturated rings. The van der Waals surface area contributed by atoms with E-state index in [0.717, 1.165) is 17.6 Å². The molecule has 0 N–H and O–H groups in total. The Morgan fingerprint density at radius 2 is 1.72 bits per heavy atom. The fourth-order valence-electron chi connectivity index (χ4n) is 2.12. The predicted octanol–water partition coefficient (Wildman–Crippen LogP) is 2.25. The average Bonchev–Trinajstić information content (AvgIpc) is 2.47. The number of aromatic nitrogens is 1. The molecule has 1 aromatic heterocycles. The zero-order valence-corrected chi connectivity index (χ0v) is 12.2. The maximum absolute atomic E-state index is 6.07. The van der Waals surface area contributed by atoms with Gasteiger partial charge in [-0.15, -0.1) is 0 Å². The van der Waals surface area contributed by atoms with Gasteiger partial charge in [0.05, 0.1) is 11.2 Å². The summed E-state index contributed by atoms with van der Waals surface area (Å²) in [4.78, 5) is 4.37. The normalized spacial score (nSPS) is 21.3. The highest BCUT2D eigenvalue weighted by atomic mass is 16.7. The maximum atomic E-state index is 6.07. The van der Waals surface area contributed by atoms with Gasteiger partial charge in [0.1, 0.15) is 0 Å². The minimum Gasteiger partial charge on any atom is -0.399 e. The van der Waals surface area contributed by atoms with E-state index >= 15 is 0 Å². The fraction of sp³-hybridized carbons (Fsp3) is 0.643. The lowest BCUT2D eigenvalue weighted by Crippen LogP contribution is -2.41. The monoisotopic (exact) mass is 247 g/mol. The minimum atomic E-state index is -0.307. The minimum absolute atomic E-state index is 0.298. The molecule has 2 rings (SSSR count). The van der Waals surface area contributed by atoms with Crippen molar-refractivity contribution in [2.75, 3.05) is 0 Å². The van der Waals surface area contributed by atoms with E-state index in [4.69, 9.17) is 9.31 Å². The molecular weight excluding hydrogens is 225 g/mol. The molecule has 4 heteroatoms. The number of aryl methyl sites for hydroxylation is 2. The van der Waals surface area contributed by atoms with E-state index in [0.29, 0.717) is 0 Å². The van der Waals surface area contributed by atoms with Gasteiger partial charge in [-0.3, -0.25) is 4.98 Å². The lowest BCUT2D eigenvalue weighted by Gasteiger charge is -2.32. The first kappa shape index (κ1) is 13.6. The number of hydrogen-bond donors (Lipinski definition) is 0. The number of nitrogens with zero attached hydrogens (tertiary/aromatic N) is 1. The Labute approximate surface area is 110 Å². The smallest absolute Gasteiger partial charge is 0.399 e. The van der Waals surface area contributed by atoms with Gasteiger partial charge in [0, 0.05) is 17.4 Å². The van der Waals surface area contributed by atoms with Crippen LogP contribution in [0.1, 0.15) is 45.9 Å². The van der Waals surface area contributed by atoms with Crippen molar-refractivity contribution in [3.63, 3.8) is 0 Å². The van der Waals surface area contributed by atoms with E-state index in [1.165, 1.54) is 5.56 Å². The summed E-state index contributed by atoms with van der Waals surface area (Å²) in [7, 11) is -0.307.